The van der Waals surface area contributed by atoms with E-state index in [1.807, 2.05) is 19.1 Å². The molecule has 0 N–H and O–H groups in total. The van der Waals surface area contributed by atoms with Crippen molar-refractivity contribution in [2.75, 3.05) is 0 Å². The quantitative estimate of drug-likeness (QED) is 0.225. The molecule has 0 atom stereocenters. The number of aryl methyl sites for hydroxylation is 1. The second-order valence-corrected chi connectivity index (χ2v) is 7.89. The SMILES string of the molecule is Cc1ccc(C2CCC(C#Cc3cc(F)c4c(F)c(F)c(F)cc4c3)CC2)c(F)c1. The average Bonchev–Trinajstić information content (AvgIpc) is 2.71. The molecule has 30 heavy (non-hydrogen) atoms. The lowest BCUT2D eigenvalue weighted by molar-refractivity contribution is 0.376. The third-order valence-corrected chi connectivity index (χ3v) is 5.77. The number of halogens is 5. The molecule has 0 aromatic heterocycles. The van der Waals surface area contributed by atoms with Crippen molar-refractivity contribution in [3.8, 4) is 11.8 Å². The Morgan fingerprint density at radius 2 is 1.50 bits per heavy atom. The average molecular weight is 414 g/mol. The smallest absolute Gasteiger partial charge is 0.195 e. The lowest BCUT2D eigenvalue weighted by Crippen LogP contribution is -2.13. The second kappa shape index (κ2) is 8.10. The molecular weight excluding hydrogens is 395 g/mol. The summed E-state index contributed by atoms with van der Waals surface area (Å²) < 4.78 is 69.1. The predicted molar refractivity (Wildman–Crippen MR) is 106 cm³/mol. The van der Waals surface area contributed by atoms with Gasteiger partial charge in [-0.2, -0.15) is 0 Å². The van der Waals surface area contributed by atoms with E-state index in [9.17, 15) is 22.0 Å². The summed E-state index contributed by atoms with van der Waals surface area (Å²) in [6.45, 7) is 1.86. The first-order chi connectivity index (χ1) is 14.3. The Hall–Kier alpha value is -2.87. The van der Waals surface area contributed by atoms with Crippen molar-refractivity contribution in [3.05, 3.63) is 82.2 Å². The van der Waals surface area contributed by atoms with Crippen LogP contribution >= 0.6 is 0 Å². The topological polar surface area (TPSA) is 0 Å². The molecule has 154 valence electrons. The van der Waals surface area contributed by atoms with Gasteiger partial charge in [0.25, 0.3) is 0 Å². The monoisotopic (exact) mass is 414 g/mol. The molecule has 0 amide bonds. The van der Waals surface area contributed by atoms with Gasteiger partial charge in [-0.3, -0.25) is 0 Å². The van der Waals surface area contributed by atoms with Gasteiger partial charge in [0.1, 0.15) is 11.6 Å². The van der Waals surface area contributed by atoms with Gasteiger partial charge in [-0.1, -0.05) is 24.0 Å². The standard InChI is InChI=1S/C25H19F5/c1-14-2-9-19(20(26)10-14)17-7-5-15(6-8-17)3-4-16-11-18-13-22(28)24(29)25(30)23(18)21(27)12-16/h2,9-13,15,17H,5-8H2,1H3. The van der Waals surface area contributed by atoms with Gasteiger partial charge in [0, 0.05) is 11.5 Å². The van der Waals surface area contributed by atoms with Crippen molar-refractivity contribution in [3.63, 3.8) is 0 Å². The maximum absolute atomic E-state index is 14.3. The molecule has 3 aromatic carbocycles. The van der Waals surface area contributed by atoms with E-state index in [1.54, 1.807) is 6.07 Å². The molecule has 5 heteroatoms. The molecule has 1 aliphatic rings. The summed E-state index contributed by atoms with van der Waals surface area (Å²) in [6.07, 6.45) is 3.19. The van der Waals surface area contributed by atoms with E-state index in [4.69, 9.17) is 0 Å². The summed E-state index contributed by atoms with van der Waals surface area (Å²) in [5.74, 6) is 0.446. The van der Waals surface area contributed by atoms with Crippen molar-refractivity contribution < 1.29 is 22.0 Å². The van der Waals surface area contributed by atoms with Gasteiger partial charge in [0.05, 0.1) is 5.39 Å². The zero-order chi connectivity index (χ0) is 21.4. The Morgan fingerprint density at radius 3 is 2.20 bits per heavy atom. The molecule has 0 aliphatic heterocycles. The van der Waals surface area contributed by atoms with Crippen LogP contribution in [0.15, 0.2) is 36.4 Å². The first-order valence-corrected chi connectivity index (χ1v) is 9.88. The minimum atomic E-state index is -1.69. The maximum Gasteiger partial charge on any atom is 0.195 e. The van der Waals surface area contributed by atoms with E-state index in [0.717, 1.165) is 48.9 Å². The Balaban J connectivity index is 1.51. The highest BCUT2D eigenvalue weighted by molar-refractivity contribution is 5.85. The van der Waals surface area contributed by atoms with Crippen LogP contribution in [0.3, 0.4) is 0 Å². The third-order valence-electron chi connectivity index (χ3n) is 5.77. The fraction of sp³-hybridized carbons (Fsp3) is 0.280. The highest BCUT2D eigenvalue weighted by Gasteiger charge is 2.23. The predicted octanol–water partition coefficient (Wildman–Crippen LogP) is 7.17. The molecule has 0 heterocycles. The van der Waals surface area contributed by atoms with Crippen LogP contribution in [0.2, 0.25) is 0 Å². The van der Waals surface area contributed by atoms with Crippen LogP contribution in [0.1, 0.15) is 48.3 Å². The fourth-order valence-electron chi connectivity index (χ4n) is 4.16. The van der Waals surface area contributed by atoms with Gasteiger partial charge < -0.3 is 0 Å². The Labute approximate surface area is 171 Å². The molecule has 1 saturated carbocycles. The number of fused-ring (bicyclic) bond motifs is 1. The van der Waals surface area contributed by atoms with Crippen molar-refractivity contribution in [1.82, 2.24) is 0 Å². The van der Waals surface area contributed by atoms with Crippen LogP contribution in [-0.4, -0.2) is 0 Å². The van der Waals surface area contributed by atoms with Gasteiger partial charge in [0.2, 0.25) is 0 Å². The molecule has 0 saturated heterocycles. The van der Waals surface area contributed by atoms with Crippen LogP contribution < -0.4 is 0 Å². The lowest BCUT2D eigenvalue weighted by atomic mass is 9.78. The van der Waals surface area contributed by atoms with Crippen molar-refractivity contribution in [2.24, 2.45) is 5.92 Å². The van der Waals surface area contributed by atoms with Crippen LogP contribution in [-0.2, 0) is 0 Å². The summed E-state index contributed by atoms with van der Waals surface area (Å²) in [7, 11) is 0. The Bertz CT molecular complexity index is 1180. The number of rotatable bonds is 1. The van der Waals surface area contributed by atoms with Crippen LogP contribution in [0.4, 0.5) is 22.0 Å². The molecule has 0 unspecified atom stereocenters. The molecule has 1 fully saturated rings. The van der Waals surface area contributed by atoms with Crippen LogP contribution in [0.25, 0.3) is 10.8 Å². The van der Waals surface area contributed by atoms with Crippen LogP contribution in [0, 0.1) is 53.8 Å². The molecule has 4 rings (SSSR count). The van der Waals surface area contributed by atoms with Crippen molar-refractivity contribution in [1.29, 1.82) is 0 Å². The fourth-order valence-corrected chi connectivity index (χ4v) is 4.16. The lowest BCUT2D eigenvalue weighted by Gasteiger charge is -2.26. The first-order valence-electron chi connectivity index (χ1n) is 9.88. The zero-order valence-corrected chi connectivity index (χ0v) is 16.3. The molecule has 0 bridgehead atoms. The summed E-state index contributed by atoms with van der Waals surface area (Å²) in [6, 6.07) is 8.46. The van der Waals surface area contributed by atoms with Gasteiger partial charge >= 0.3 is 0 Å². The molecule has 3 aromatic rings. The summed E-state index contributed by atoms with van der Waals surface area (Å²) in [5, 5.41) is -0.658. The van der Waals surface area contributed by atoms with Gasteiger partial charge in [0.15, 0.2) is 17.5 Å². The Morgan fingerprint density at radius 1 is 0.767 bits per heavy atom. The second-order valence-electron chi connectivity index (χ2n) is 7.89. The number of hydrogen-bond acceptors (Lipinski definition) is 0. The van der Waals surface area contributed by atoms with E-state index in [2.05, 4.69) is 11.8 Å². The van der Waals surface area contributed by atoms with E-state index < -0.39 is 28.7 Å². The maximum atomic E-state index is 14.3. The molecule has 0 nitrogen and oxygen atoms in total. The van der Waals surface area contributed by atoms with E-state index in [-0.39, 0.29) is 28.6 Å². The third kappa shape index (κ3) is 3.92. The first kappa shape index (κ1) is 20.4. The summed E-state index contributed by atoms with van der Waals surface area (Å²) in [4.78, 5) is 0. The molecule has 0 radical (unpaired) electrons. The van der Waals surface area contributed by atoms with E-state index >= 15 is 0 Å². The minimum absolute atomic E-state index is 0.0748. The summed E-state index contributed by atoms with van der Waals surface area (Å²) >= 11 is 0. The molecular formula is C25H19F5. The van der Waals surface area contributed by atoms with Crippen LogP contribution in [0.5, 0.6) is 0 Å². The summed E-state index contributed by atoms with van der Waals surface area (Å²) in [5.41, 5.74) is 1.90. The number of hydrogen-bond donors (Lipinski definition) is 0. The van der Waals surface area contributed by atoms with E-state index in [0.29, 0.717) is 0 Å². The highest BCUT2D eigenvalue weighted by atomic mass is 19.2. The minimum Gasteiger partial charge on any atom is -0.207 e. The van der Waals surface area contributed by atoms with Crippen molar-refractivity contribution >= 4 is 10.8 Å². The van der Waals surface area contributed by atoms with Gasteiger partial charge in [-0.05, 0) is 79.3 Å². The van der Waals surface area contributed by atoms with E-state index in [1.165, 1.54) is 6.07 Å². The Kier molecular flexibility index (Phi) is 5.51. The highest BCUT2D eigenvalue weighted by Crippen LogP contribution is 2.37. The van der Waals surface area contributed by atoms with Gasteiger partial charge in [-0.15, -0.1) is 0 Å². The van der Waals surface area contributed by atoms with Crippen molar-refractivity contribution in [2.45, 2.75) is 38.5 Å². The number of benzene rings is 3. The molecule has 0 spiro atoms. The largest absolute Gasteiger partial charge is 0.207 e. The molecule has 1 aliphatic carbocycles. The zero-order valence-electron chi connectivity index (χ0n) is 16.3. The van der Waals surface area contributed by atoms with Gasteiger partial charge in [-0.25, -0.2) is 22.0 Å². The normalized spacial score (nSPS) is 18.9.